The predicted molar refractivity (Wildman–Crippen MR) is 131 cm³/mol. The van der Waals surface area contributed by atoms with Crippen LogP contribution in [0, 0.1) is 40.4 Å². The van der Waals surface area contributed by atoms with E-state index in [4.69, 9.17) is 9.47 Å². The van der Waals surface area contributed by atoms with Gasteiger partial charge in [0, 0.05) is 5.57 Å². The fourth-order valence-corrected chi connectivity index (χ4v) is 9.31. The van der Waals surface area contributed by atoms with Crippen molar-refractivity contribution in [3.8, 4) is 0 Å². The van der Waals surface area contributed by atoms with E-state index in [1.807, 2.05) is 6.07 Å². The van der Waals surface area contributed by atoms with Gasteiger partial charge in [-0.3, -0.25) is 0 Å². The molecule has 5 nitrogen and oxygen atoms in total. The molecule has 4 aliphatic carbocycles. The van der Waals surface area contributed by atoms with Crippen LogP contribution in [0.3, 0.4) is 0 Å². The van der Waals surface area contributed by atoms with Crippen LogP contribution in [0.5, 0.6) is 0 Å². The minimum atomic E-state index is -0.501. The van der Waals surface area contributed by atoms with Crippen LogP contribution in [-0.2, 0) is 14.3 Å². The van der Waals surface area contributed by atoms with E-state index in [2.05, 4.69) is 13.8 Å². The maximum absolute atomic E-state index is 12.8. The first-order valence-electron chi connectivity index (χ1n) is 13.7. The van der Waals surface area contributed by atoms with Crippen LogP contribution in [0.15, 0.2) is 41.7 Å². The van der Waals surface area contributed by atoms with E-state index in [1.165, 1.54) is 25.7 Å². The summed E-state index contributed by atoms with van der Waals surface area (Å²) in [6, 6.07) is 8.85. The Bertz CT molecular complexity index is 1050. The summed E-state index contributed by atoms with van der Waals surface area (Å²) in [5.74, 6) is 2.10. The van der Waals surface area contributed by atoms with Crippen molar-refractivity contribution in [3.05, 3.63) is 47.2 Å². The Morgan fingerprint density at radius 1 is 0.971 bits per heavy atom. The lowest BCUT2D eigenvalue weighted by molar-refractivity contribution is -0.138. The second-order valence-electron chi connectivity index (χ2n) is 12.4. The van der Waals surface area contributed by atoms with Gasteiger partial charge in [0.2, 0.25) is 5.76 Å². The first-order chi connectivity index (χ1) is 16.8. The lowest BCUT2D eigenvalue weighted by Crippen LogP contribution is -2.54. The molecule has 1 aromatic rings. The van der Waals surface area contributed by atoms with Crippen molar-refractivity contribution in [1.29, 1.82) is 0 Å². The molecule has 4 fully saturated rings. The molecular weight excluding hydrogens is 440 g/mol. The number of ether oxygens (including phenoxy) is 2. The maximum atomic E-state index is 12.8. The molecule has 0 radical (unpaired) electrons. The zero-order valence-electron chi connectivity index (χ0n) is 21.0. The van der Waals surface area contributed by atoms with Gasteiger partial charge in [0.05, 0.1) is 11.7 Å². The third kappa shape index (κ3) is 3.60. The van der Waals surface area contributed by atoms with Crippen LogP contribution >= 0.6 is 0 Å². The number of aliphatic hydroxyl groups excluding tert-OH is 1. The Kier molecular flexibility index (Phi) is 5.63. The van der Waals surface area contributed by atoms with E-state index in [9.17, 15) is 14.7 Å². The van der Waals surface area contributed by atoms with Gasteiger partial charge in [0.25, 0.3) is 0 Å². The lowest BCUT2D eigenvalue weighted by atomic mass is 9.44. The fourth-order valence-electron chi connectivity index (χ4n) is 9.31. The van der Waals surface area contributed by atoms with Gasteiger partial charge in [-0.15, -0.1) is 0 Å². The number of esters is 2. The molecule has 0 unspecified atom stereocenters. The molecular formula is C30H38O5. The Hall–Kier alpha value is -2.14. The zero-order valence-corrected chi connectivity index (χ0v) is 21.0. The molecule has 35 heavy (non-hydrogen) atoms. The molecule has 8 atom stereocenters. The van der Waals surface area contributed by atoms with Crippen LogP contribution in [0.4, 0.5) is 0 Å². The molecule has 6 rings (SSSR count). The van der Waals surface area contributed by atoms with Crippen molar-refractivity contribution in [1.82, 2.24) is 0 Å². The predicted octanol–water partition coefficient (Wildman–Crippen LogP) is 5.67. The average Bonchev–Trinajstić information content (AvgIpc) is 3.39. The van der Waals surface area contributed by atoms with Crippen molar-refractivity contribution in [2.45, 2.75) is 77.7 Å². The van der Waals surface area contributed by atoms with Gasteiger partial charge < -0.3 is 14.6 Å². The van der Waals surface area contributed by atoms with E-state index < -0.39 is 11.9 Å². The minimum Gasteiger partial charge on any atom is -0.455 e. The molecule has 1 aliphatic heterocycles. The second-order valence-corrected chi connectivity index (χ2v) is 12.4. The summed E-state index contributed by atoms with van der Waals surface area (Å²) < 4.78 is 11.1. The van der Waals surface area contributed by atoms with E-state index in [0.717, 1.165) is 43.6 Å². The Labute approximate surface area is 208 Å². The number of benzene rings is 1. The summed E-state index contributed by atoms with van der Waals surface area (Å²) in [4.78, 5) is 25.4. The SMILES string of the molecule is C[C@]12CC[C@H](O)C[C@H]1CC[C@@H]1[C@@H]2CC[C@]2(C)[C@@H](C3=C(OC(=O)c4ccccc4)C(=O)OC3)CC[C@@H]12. The first kappa shape index (κ1) is 23.3. The van der Waals surface area contributed by atoms with Gasteiger partial charge in [-0.1, -0.05) is 32.0 Å². The minimum absolute atomic E-state index is 0.103. The van der Waals surface area contributed by atoms with E-state index >= 15 is 0 Å². The summed E-state index contributed by atoms with van der Waals surface area (Å²) in [6.07, 6.45) is 10.0. The number of hydrogen-bond acceptors (Lipinski definition) is 5. The van der Waals surface area contributed by atoms with E-state index in [0.29, 0.717) is 28.7 Å². The van der Waals surface area contributed by atoms with Gasteiger partial charge in [-0.2, -0.15) is 0 Å². The second kappa shape index (κ2) is 8.47. The number of aliphatic hydroxyl groups is 1. The summed E-state index contributed by atoms with van der Waals surface area (Å²) in [7, 11) is 0. The smallest absolute Gasteiger partial charge is 0.374 e. The molecule has 5 aliphatic rings. The molecule has 0 bridgehead atoms. The molecule has 1 heterocycles. The van der Waals surface area contributed by atoms with E-state index in [-0.39, 0.29) is 29.8 Å². The number of hydrogen-bond donors (Lipinski definition) is 1. The highest BCUT2D eigenvalue weighted by atomic mass is 16.6. The van der Waals surface area contributed by atoms with Crippen LogP contribution in [-0.4, -0.2) is 29.8 Å². The van der Waals surface area contributed by atoms with Crippen molar-refractivity contribution in [2.24, 2.45) is 40.4 Å². The molecule has 0 amide bonds. The third-order valence-electron chi connectivity index (χ3n) is 11.1. The molecule has 188 valence electrons. The van der Waals surface area contributed by atoms with Crippen LogP contribution in [0.2, 0.25) is 0 Å². The van der Waals surface area contributed by atoms with Crippen LogP contribution < -0.4 is 0 Å². The number of carbonyl (C=O) groups is 2. The first-order valence-corrected chi connectivity index (χ1v) is 13.7. The Morgan fingerprint density at radius 3 is 2.51 bits per heavy atom. The summed E-state index contributed by atoms with van der Waals surface area (Å²) in [5.41, 5.74) is 1.80. The summed E-state index contributed by atoms with van der Waals surface area (Å²) in [5, 5.41) is 10.3. The van der Waals surface area contributed by atoms with Crippen molar-refractivity contribution in [2.75, 3.05) is 6.61 Å². The number of carbonyl (C=O) groups excluding carboxylic acids is 2. The van der Waals surface area contributed by atoms with E-state index in [1.54, 1.807) is 24.3 Å². The van der Waals surface area contributed by atoms with Gasteiger partial charge in [0.1, 0.15) is 6.61 Å². The molecule has 1 N–H and O–H groups in total. The van der Waals surface area contributed by atoms with Crippen molar-refractivity contribution in [3.63, 3.8) is 0 Å². The van der Waals surface area contributed by atoms with Gasteiger partial charge in [0.15, 0.2) is 0 Å². The average molecular weight is 479 g/mol. The molecule has 1 aromatic carbocycles. The number of cyclic esters (lactones) is 1. The standard InChI is InChI=1S/C30H38O5/c1-29-14-12-20(31)16-19(29)8-9-21-23-10-11-24(30(23,2)15-13-25(21)29)22-17-34-28(33)26(22)35-27(32)18-6-4-3-5-7-18/h3-7,19-21,23-25,31H,8-17H2,1-2H3/t19-,20+,21+,23+,24-,25+,29+,30+/m1/s1. The highest BCUT2D eigenvalue weighted by Gasteiger charge is 2.61. The molecule has 5 heteroatoms. The van der Waals surface area contributed by atoms with Gasteiger partial charge in [-0.25, -0.2) is 9.59 Å². The molecule has 4 saturated carbocycles. The number of fused-ring (bicyclic) bond motifs is 5. The summed E-state index contributed by atoms with van der Waals surface area (Å²) >= 11 is 0. The lowest BCUT2D eigenvalue weighted by Gasteiger charge is -2.61. The largest absolute Gasteiger partial charge is 0.455 e. The highest BCUT2D eigenvalue weighted by Crippen LogP contribution is 2.68. The fraction of sp³-hybridized carbons (Fsp3) is 0.667. The molecule has 0 saturated heterocycles. The quantitative estimate of drug-likeness (QED) is 0.567. The van der Waals surface area contributed by atoms with Gasteiger partial charge in [-0.05, 0) is 110 Å². The normalized spacial score (nSPS) is 42.7. The number of rotatable bonds is 3. The van der Waals surface area contributed by atoms with Crippen LogP contribution in [0.1, 0.15) is 82.0 Å². The van der Waals surface area contributed by atoms with Gasteiger partial charge >= 0.3 is 11.9 Å². The Morgan fingerprint density at radius 2 is 1.71 bits per heavy atom. The Balaban J connectivity index is 1.26. The molecule has 0 spiro atoms. The zero-order chi connectivity index (χ0) is 24.4. The molecule has 0 aromatic heterocycles. The highest BCUT2D eigenvalue weighted by molar-refractivity contribution is 5.97. The van der Waals surface area contributed by atoms with Crippen LogP contribution in [0.25, 0.3) is 0 Å². The monoisotopic (exact) mass is 478 g/mol. The van der Waals surface area contributed by atoms with Crippen molar-refractivity contribution >= 4 is 11.9 Å². The third-order valence-corrected chi connectivity index (χ3v) is 11.1. The summed E-state index contributed by atoms with van der Waals surface area (Å²) in [6.45, 7) is 5.19. The maximum Gasteiger partial charge on any atom is 0.374 e. The van der Waals surface area contributed by atoms with Crippen molar-refractivity contribution < 1.29 is 24.2 Å². The topological polar surface area (TPSA) is 72.8 Å².